The Hall–Kier alpha value is -2.84. The molecular weight excluding hydrogens is 373 g/mol. The summed E-state index contributed by atoms with van der Waals surface area (Å²) in [5.74, 6) is 0.171. The van der Waals surface area contributed by atoms with Crippen molar-refractivity contribution in [2.75, 3.05) is 6.54 Å². The van der Waals surface area contributed by atoms with Crippen LogP contribution < -0.4 is 0 Å². The first-order valence-corrected chi connectivity index (χ1v) is 9.07. The number of furan rings is 1. The molecule has 0 bridgehead atoms. The van der Waals surface area contributed by atoms with Gasteiger partial charge >= 0.3 is 6.18 Å². The third kappa shape index (κ3) is 3.25. The minimum Gasteiger partial charge on any atom is -0.463 e. The van der Waals surface area contributed by atoms with E-state index < -0.39 is 11.9 Å². The summed E-state index contributed by atoms with van der Waals surface area (Å²) < 4.78 is 46.7. The predicted octanol–water partition coefficient (Wildman–Crippen LogP) is 4.27. The van der Waals surface area contributed by atoms with E-state index in [4.69, 9.17) is 4.42 Å². The molecule has 1 aliphatic rings. The summed E-state index contributed by atoms with van der Waals surface area (Å²) in [7, 11) is 0. The second-order valence-corrected chi connectivity index (χ2v) is 7.29. The van der Waals surface area contributed by atoms with E-state index in [0.29, 0.717) is 17.0 Å². The zero-order chi connectivity index (χ0) is 20.1. The third-order valence-electron chi connectivity index (χ3n) is 5.09. The summed E-state index contributed by atoms with van der Waals surface area (Å²) in [6, 6.07) is 5.29. The molecule has 3 aromatic heterocycles. The number of fused-ring (bicyclic) bond motifs is 1. The highest BCUT2D eigenvalue weighted by molar-refractivity contribution is 5.93. The number of alkyl halides is 3. The normalized spacial score (nSPS) is 20.7. The number of rotatable bonds is 2. The first-order valence-electron chi connectivity index (χ1n) is 9.07. The van der Waals surface area contributed by atoms with Gasteiger partial charge in [-0.1, -0.05) is 6.92 Å². The highest BCUT2D eigenvalue weighted by atomic mass is 19.4. The molecule has 1 fully saturated rings. The van der Waals surface area contributed by atoms with Crippen LogP contribution >= 0.6 is 0 Å². The maximum atomic E-state index is 13.6. The average molecular weight is 392 g/mol. The Balaban J connectivity index is 1.80. The summed E-state index contributed by atoms with van der Waals surface area (Å²) in [4.78, 5) is 18.8. The molecule has 3 aromatic rings. The van der Waals surface area contributed by atoms with Crippen molar-refractivity contribution in [3.8, 4) is 11.5 Å². The molecule has 4 rings (SSSR count). The van der Waals surface area contributed by atoms with Gasteiger partial charge in [0.1, 0.15) is 5.69 Å². The second kappa shape index (κ2) is 6.65. The maximum Gasteiger partial charge on any atom is 0.433 e. The quantitative estimate of drug-likeness (QED) is 0.653. The van der Waals surface area contributed by atoms with Crippen molar-refractivity contribution in [2.45, 2.75) is 38.9 Å². The van der Waals surface area contributed by atoms with E-state index in [1.165, 1.54) is 18.4 Å². The van der Waals surface area contributed by atoms with Crippen LogP contribution in [0, 0.1) is 5.92 Å². The van der Waals surface area contributed by atoms with Gasteiger partial charge in [-0.25, -0.2) is 9.50 Å². The summed E-state index contributed by atoms with van der Waals surface area (Å²) in [5.41, 5.74) is -1.08. The van der Waals surface area contributed by atoms with Gasteiger partial charge in [-0.3, -0.25) is 4.79 Å². The van der Waals surface area contributed by atoms with Gasteiger partial charge in [0.15, 0.2) is 22.8 Å². The van der Waals surface area contributed by atoms with Gasteiger partial charge in [0.05, 0.1) is 6.26 Å². The Morgan fingerprint density at radius 1 is 1.25 bits per heavy atom. The van der Waals surface area contributed by atoms with Crippen LogP contribution in [0.2, 0.25) is 0 Å². The van der Waals surface area contributed by atoms with Crippen molar-refractivity contribution in [2.24, 2.45) is 5.92 Å². The van der Waals surface area contributed by atoms with Crippen LogP contribution in [-0.4, -0.2) is 38.0 Å². The van der Waals surface area contributed by atoms with Crippen LogP contribution in [0.3, 0.4) is 0 Å². The molecule has 0 saturated carbocycles. The minimum absolute atomic E-state index is 0.0160. The topological polar surface area (TPSA) is 63.6 Å². The number of hydrogen-bond donors (Lipinski definition) is 0. The molecule has 1 saturated heterocycles. The number of carbonyl (C=O) groups excluding carboxylic acids is 1. The first-order chi connectivity index (χ1) is 13.2. The molecule has 9 heteroatoms. The van der Waals surface area contributed by atoms with Gasteiger partial charge in [0, 0.05) is 18.7 Å². The van der Waals surface area contributed by atoms with Crippen molar-refractivity contribution in [1.82, 2.24) is 19.5 Å². The molecule has 0 N–H and O–H groups in total. The molecule has 28 heavy (non-hydrogen) atoms. The number of piperidine rings is 1. The molecule has 148 valence electrons. The Labute approximate surface area is 159 Å². The van der Waals surface area contributed by atoms with E-state index in [0.717, 1.165) is 18.9 Å². The number of aromatic nitrogens is 3. The van der Waals surface area contributed by atoms with Gasteiger partial charge in [-0.05, 0) is 43.9 Å². The highest BCUT2D eigenvalue weighted by Crippen LogP contribution is 2.33. The Kier molecular flexibility index (Phi) is 4.40. The standard InChI is InChI=1S/C19H19F3N4O2/c1-11-5-6-12(2)25(10-11)18(27)14-9-17-23-13(15-4-3-7-28-15)8-16(19(20,21)22)26(17)24-14/h3-4,7-9,11-12H,5-6,10H2,1-2H3/t11-,12-/m0/s1. The second-order valence-electron chi connectivity index (χ2n) is 7.29. The number of carbonyl (C=O) groups is 1. The molecule has 1 aliphatic heterocycles. The lowest BCUT2D eigenvalue weighted by Crippen LogP contribution is -2.45. The van der Waals surface area contributed by atoms with Gasteiger partial charge in [-0.2, -0.15) is 18.3 Å². The average Bonchev–Trinajstić information content (AvgIpc) is 3.30. The number of halogens is 3. The summed E-state index contributed by atoms with van der Waals surface area (Å²) in [5, 5.41) is 3.95. The fraction of sp³-hybridized carbons (Fsp3) is 0.421. The highest BCUT2D eigenvalue weighted by Gasteiger charge is 2.36. The molecule has 0 unspecified atom stereocenters. The lowest BCUT2D eigenvalue weighted by Gasteiger charge is -2.36. The molecule has 1 amide bonds. The molecule has 0 spiro atoms. The summed E-state index contributed by atoms with van der Waals surface area (Å²) in [6.45, 7) is 4.55. The lowest BCUT2D eigenvalue weighted by atomic mass is 9.95. The maximum absolute atomic E-state index is 13.6. The number of nitrogens with zero attached hydrogens (tertiary/aromatic N) is 4. The van der Waals surface area contributed by atoms with E-state index in [-0.39, 0.29) is 34.7 Å². The third-order valence-corrected chi connectivity index (χ3v) is 5.09. The van der Waals surface area contributed by atoms with E-state index in [2.05, 4.69) is 17.0 Å². The van der Waals surface area contributed by atoms with Crippen LogP contribution in [0.5, 0.6) is 0 Å². The van der Waals surface area contributed by atoms with Crippen molar-refractivity contribution in [1.29, 1.82) is 0 Å². The Morgan fingerprint density at radius 3 is 2.71 bits per heavy atom. The summed E-state index contributed by atoms with van der Waals surface area (Å²) in [6.07, 6.45) is -1.43. The van der Waals surface area contributed by atoms with Gasteiger partial charge < -0.3 is 9.32 Å². The monoisotopic (exact) mass is 392 g/mol. The number of likely N-dealkylation sites (tertiary alicyclic amines) is 1. The van der Waals surface area contributed by atoms with Crippen LogP contribution in [-0.2, 0) is 6.18 Å². The lowest BCUT2D eigenvalue weighted by molar-refractivity contribution is -0.142. The number of hydrogen-bond acceptors (Lipinski definition) is 4. The van der Waals surface area contributed by atoms with Gasteiger partial charge in [-0.15, -0.1) is 0 Å². The zero-order valence-electron chi connectivity index (χ0n) is 15.4. The van der Waals surface area contributed by atoms with E-state index >= 15 is 0 Å². The van der Waals surface area contributed by atoms with Crippen molar-refractivity contribution in [3.63, 3.8) is 0 Å². The van der Waals surface area contributed by atoms with Crippen molar-refractivity contribution >= 4 is 11.6 Å². The minimum atomic E-state index is -4.66. The molecular formula is C19H19F3N4O2. The van der Waals surface area contributed by atoms with E-state index in [9.17, 15) is 18.0 Å². The Bertz CT molecular complexity index is 1010. The summed E-state index contributed by atoms with van der Waals surface area (Å²) >= 11 is 0. The predicted molar refractivity (Wildman–Crippen MR) is 94.6 cm³/mol. The zero-order valence-corrected chi connectivity index (χ0v) is 15.4. The molecule has 6 nitrogen and oxygen atoms in total. The van der Waals surface area contributed by atoms with Gasteiger partial charge in [0.25, 0.3) is 5.91 Å². The fourth-order valence-corrected chi connectivity index (χ4v) is 3.55. The smallest absolute Gasteiger partial charge is 0.433 e. The fourth-order valence-electron chi connectivity index (χ4n) is 3.55. The molecule has 4 heterocycles. The van der Waals surface area contributed by atoms with Crippen LogP contribution in [0.25, 0.3) is 17.1 Å². The van der Waals surface area contributed by atoms with E-state index in [1.54, 1.807) is 11.0 Å². The van der Waals surface area contributed by atoms with E-state index in [1.807, 2.05) is 6.92 Å². The molecule has 0 aromatic carbocycles. The van der Waals surface area contributed by atoms with Gasteiger partial charge in [0.2, 0.25) is 0 Å². The van der Waals surface area contributed by atoms with Crippen molar-refractivity contribution in [3.05, 3.63) is 41.9 Å². The van der Waals surface area contributed by atoms with Crippen LogP contribution in [0.1, 0.15) is 42.9 Å². The largest absolute Gasteiger partial charge is 0.463 e. The van der Waals surface area contributed by atoms with Crippen molar-refractivity contribution < 1.29 is 22.4 Å². The molecule has 0 aliphatic carbocycles. The van der Waals surface area contributed by atoms with Crippen LogP contribution in [0.15, 0.2) is 34.9 Å². The first kappa shape index (κ1) is 18.5. The molecule has 2 atom stereocenters. The van der Waals surface area contributed by atoms with Crippen LogP contribution in [0.4, 0.5) is 13.2 Å². The SMILES string of the molecule is C[C@H]1CC[C@H](C)N(C(=O)c2cc3nc(-c4ccco4)cc(C(F)(F)F)n3n2)C1. The molecule has 0 radical (unpaired) electrons. The Morgan fingerprint density at radius 2 is 2.04 bits per heavy atom. The number of amides is 1.